The van der Waals surface area contributed by atoms with Crippen LogP contribution in [-0.4, -0.2) is 17.3 Å². The molecule has 0 bridgehead atoms. The van der Waals surface area contributed by atoms with Crippen molar-refractivity contribution in [3.63, 3.8) is 0 Å². The molecule has 0 saturated heterocycles. The number of aliphatic hydroxyl groups excluding tert-OH is 1. The second kappa shape index (κ2) is 3.90. The van der Waals surface area contributed by atoms with E-state index in [1.54, 1.807) is 6.07 Å². The summed E-state index contributed by atoms with van der Waals surface area (Å²) in [5.41, 5.74) is -0.263. The molecule has 0 spiro atoms. The molecule has 0 aromatic heterocycles. The van der Waals surface area contributed by atoms with Gasteiger partial charge in [-0.2, -0.15) is 0 Å². The Bertz CT molecular complexity index is 406. The number of hydrogen-bond donors (Lipinski definition) is 1. The molecule has 1 aliphatic rings. The van der Waals surface area contributed by atoms with Crippen molar-refractivity contribution in [1.29, 1.82) is 0 Å². The van der Waals surface area contributed by atoms with Gasteiger partial charge in [-0.15, -0.1) is 0 Å². The van der Waals surface area contributed by atoms with E-state index in [1.807, 2.05) is 13.8 Å². The Morgan fingerprint density at radius 1 is 1.50 bits per heavy atom. The molecular weight excluding hydrogens is 231 g/mol. The predicted octanol–water partition coefficient (Wildman–Crippen LogP) is 3.02. The molecular formula is C12H14ClFO2. The van der Waals surface area contributed by atoms with Crippen molar-refractivity contribution in [2.75, 3.05) is 0 Å². The predicted molar refractivity (Wildman–Crippen MR) is 60.2 cm³/mol. The first-order valence-corrected chi connectivity index (χ1v) is 5.59. The van der Waals surface area contributed by atoms with Gasteiger partial charge in [0.15, 0.2) is 0 Å². The maximum absolute atomic E-state index is 12.9. The molecule has 4 heteroatoms. The van der Waals surface area contributed by atoms with Crippen LogP contribution in [0, 0.1) is 11.2 Å². The molecule has 2 atom stereocenters. The number of benzene rings is 1. The smallest absolute Gasteiger partial charge is 0.142 e. The van der Waals surface area contributed by atoms with E-state index in [2.05, 4.69) is 0 Å². The summed E-state index contributed by atoms with van der Waals surface area (Å²) in [5.74, 6) is 0.0818. The molecule has 1 aliphatic carbocycles. The first-order valence-electron chi connectivity index (χ1n) is 5.21. The van der Waals surface area contributed by atoms with Gasteiger partial charge < -0.3 is 9.84 Å². The second-order valence-electron chi connectivity index (χ2n) is 4.76. The lowest BCUT2D eigenvalue weighted by atomic mass is 9.66. The summed E-state index contributed by atoms with van der Waals surface area (Å²) in [5, 5.41) is 9.61. The van der Waals surface area contributed by atoms with E-state index < -0.39 is 5.82 Å². The van der Waals surface area contributed by atoms with Crippen LogP contribution in [0.2, 0.25) is 5.02 Å². The average Bonchev–Trinajstić information content (AvgIpc) is 2.23. The highest BCUT2D eigenvalue weighted by atomic mass is 35.5. The highest BCUT2D eigenvalue weighted by molar-refractivity contribution is 6.30. The molecule has 0 radical (unpaired) electrons. The van der Waals surface area contributed by atoms with E-state index in [9.17, 15) is 9.50 Å². The number of rotatable bonds is 2. The lowest BCUT2D eigenvalue weighted by Crippen LogP contribution is -2.56. The Kier molecular flexibility index (Phi) is 2.84. The minimum absolute atomic E-state index is 0.0511. The molecule has 2 unspecified atom stereocenters. The summed E-state index contributed by atoms with van der Waals surface area (Å²) in [6.07, 6.45) is 0.208. The summed E-state index contributed by atoms with van der Waals surface area (Å²) < 4.78 is 18.6. The largest absolute Gasteiger partial charge is 0.490 e. The zero-order valence-electron chi connectivity index (χ0n) is 9.21. The lowest BCUT2D eigenvalue weighted by molar-refractivity contribution is -0.134. The fourth-order valence-electron chi connectivity index (χ4n) is 1.78. The summed E-state index contributed by atoms with van der Waals surface area (Å²) in [7, 11) is 0. The Hall–Kier alpha value is -0.800. The van der Waals surface area contributed by atoms with Crippen molar-refractivity contribution in [3.8, 4) is 5.75 Å². The third-order valence-corrected chi connectivity index (χ3v) is 3.59. The molecule has 0 aliphatic heterocycles. The molecule has 2 rings (SSSR count). The lowest BCUT2D eigenvalue weighted by Gasteiger charge is -2.48. The zero-order valence-corrected chi connectivity index (χ0v) is 9.96. The van der Waals surface area contributed by atoms with Crippen LogP contribution in [0.4, 0.5) is 4.39 Å². The minimum atomic E-state index is -0.457. The standard InChI is InChI=1S/C12H14ClFO2/c1-12(2)10(15)6-11(12)16-7-3-4-9(14)8(13)5-7/h3-5,10-11,15H,6H2,1-2H3. The molecule has 1 saturated carbocycles. The Morgan fingerprint density at radius 3 is 2.69 bits per heavy atom. The fourth-order valence-corrected chi connectivity index (χ4v) is 1.95. The molecule has 1 aromatic carbocycles. The van der Waals surface area contributed by atoms with Crippen molar-refractivity contribution in [1.82, 2.24) is 0 Å². The summed E-state index contributed by atoms with van der Waals surface area (Å²) in [6.45, 7) is 3.88. The molecule has 1 aromatic rings. The molecule has 1 fully saturated rings. The third kappa shape index (κ3) is 1.89. The number of aliphatic hydroxyl groups is 1. The van der Waals surface area contributed by atoms with Gasteiger partial charge in [0.1, 0.15) is 17.7 Å². The van der Waals surface area contributed by atoms with Gasteiger partial charge in [0, 0.05) is 17.9 Å². The van der Waals surface area contributed by atoms with E-state index >= 15 is 0 Å². The normalized spacial score (nSPS) is 27.3. The van der Waals surface area contributed by atoms with Crippen molar-refractivity contribution in [2.24, 2.45) is 5.41 Å². The van der Waals surface area contributed by atoms with Gasteiger partial charge in [0.05, 0.1) is 11.1 Å². The third-order valence-electron chi connectivity index (χ3n) is 3.30. The first kappa shape index (κ1) is 11.7. The maximum Gasteiger partial charge on any atom is 0.142 e. The van der Waals surface area contributed by atoms with E-state index in [1.165, 1.54) is 12.1 Å². The van der Waals surface area contributed by atoms with Gasteiger partial charge in [-0.25, -0.2) is 4.39 Å². The summed E-state index contributed by atoms with van der Waals surface area (Å²) in [6, 6.07) is 4.28. The van der Waals surface area contributed by atoms with Gasteiger partial charge in [-0.05, 0) is 12.1 Å². The number of ether oxygens (including phenoxy) is 1. The second-order valence-corrected chi connectivity index (χ2v) is 5.16. The first-order chi connectivity index (χ1) is 7.41. The van der Waals surface area contributed by atoms with Crippen molar-refractivity contribution >= 4 is 11.6 Å². The van der Waals surface area contributed by atoms with Gasteiger partial charge in [0.2, 0.25) is 0 Å². The monoisotopic (exact) mass is 244 g/mol. The topological polar surface area (TPSA) is 29.5 Å². The highest BCUT2D eigenvalue weighted by Gasteiger charge is 2.49. The molecule has 2 nitrogen and oxygen atoms in total. The van der Waals surface area contributed by atoms with Crippen LogP contribution >= 0.6 is 11.6 Å². The zero-order chi connectivity index (χ0) is 11.9. The van der Waals surface area contributed by atoms with Crippen molar-refractivity contribution in [2.45, 2.75) is 32.5 Å². The van der Waals surface area contributed by atoms with Gasteiger partial charge in [0.25, 0.3) is 0 Å². The summed E-state index contributed by atoms with van der Waals surface area (Å²) >= 11 is 5.65. The summed E-state index contributed by atoms with van der Waals surface area (Å²) in [4.78, 5) is 0. The average molecular weight is 245 g/mol. The van der Waals surface area contributed by atoms with E-state index in [-0.39, 0.29) is 22.6 Å². The van der Waals surface area contributed by atoms with Crippen LogP contribution in [-0.2, 0) is 0 Å². The van der Waals surface area contributed by atoms with E-state index in [4.69, 9.17) is 16.3 Å². The van der Waals surface area contributed by atoms with Crippen LogP contribution in [0.25, 0.3) is 0 Å². The quantitative estimate of drug-likeness (QED) is 0.867. The Labute approximate surface area is 99.0 Å². The Balaban J connectivity index is 2.08. The van der Waals surface area contributed by atoms with Gasteiger partial charge in [-0.3, -0.25) is 0 Å². The van der Waals surface area contributed by atoms with E-state index in [0.29, 0.717) is 12.2 Å². The van der Waals surface area contributed by atoms with Crippen LogP contribution in [0.15, 0.2) is 18.2 Å². The van der Waals surface area contributed by atoms with Crippen LogP contribution in [0.5, 0.6) is 5.75 Å². The van der Waals surface area contributed by atoms with Crippen LogP contribution < -0.4 is 4.74 Å². The van der Waals surface area contributed by atoms with Crippen LogP contribution in [0.1, 0.15) is 20.3 Å². The number of hydrogen-bond acceptors (Lipinski definition) is 2. The molecule has 0 amide bonds. The minimum Gasteiger partial charge on any atom is -0.490 e. The molecule has 0 heterocycles. The SMILES string of the molecule is CC1(C)C(O)CC1Oc1ccc(F)c(Cl)c1. The molecule has 88 valence electrons. The van der Waals surface area contributed by atoms with Gasteiger partial charge >= 0.3 is 0 Å². The fraction of sp³-hybridized carbons (Fsp3) is 0.500. The van der Waals surface area contributed by atoms with E-state index in [0.717, 1.165) is 0 Å². The number of halogens is 2. The van der Waals surface area contributed by atoms with Crippen molar-refractivity contribution < 1.29 is 14.2 Å². The molecule has 16 heavy (non-hydrogen) atoms. The van der Waals surface area contributed by atoms with Gasteiger partial charge in [-0.1, -0.05) is 25.4 Å². The maximum atomic E-state index is 12.9. The van der Waals surface area contributed by atoms with Crippen LogP contribution in [0.3, 0.4) is 0 Å². The highest BCUT2D eigenvalue weighted by Crippen LogP contribution is 2.43. The Morgan fingerprint density at radius 2 is 2.19 bits per heavy atom. The molecule has 1 N–H and O–H groups in total. The van der Waals surface area contributed by atoms with Crippen molar-refractivity contribution in [3.05, 3.63) is 29.0 Å².